The molecule has 2 amide bonds. The number of ether oxygens (including phenoxy) is 1. The largest absolute Gasteiger partial charge is 0.480 e. The zero-order chi connectivity index (χ0) is 13.8. The molecule has 0 unspecified atom stereocenters. The Balaban J connectivity index is 2.48. The zero-order valence-electron chi connectivity index (χ0n) is 11.0. The molecule has 104 valence electrons. The Kier molecular flexibility index (Phi) is 4.92. The third-order valence-electron chi connectivity index (χ3n) is 2.66. The number of hydrogen-bond acceptors (Lipinski definition) is 4. The second-order valence-electron chi connectivity index (χ2n) is 5.32. The maximum Gasteiger partial charge on any atom is 0.330 e. The van der Waals surface area contributed by atoms with Crippen molar-refractivity contribution in [2.24, 2.45) is 5.41 Å². The minimum Gasteiger partial charge on any atom is -0.480 e. The van der Waals surface area contributed by atoms with Crippen molar-refractivity contribution in [2.45, 2.75) is 26.8 Å². The van der Waals surface area contributed by atoms with Gasteiger partial charge < -0.3 is 15.2 Å². The minimum absolute atomic E-state index is 0.501. The number of urea groups is 1. The molecule has 1 fully saturated rings. The number of nitrogens with one attached hydrogen (secondary N) is 2. The van der Waals surface area contributed by atoms with Crippen LogP contribution in [-0.2, 0) is 9.53 Å². The summed E-state index contributed by atoms with van der Waals surface area (Å²) in [5.74, 6) is -1.04. The van der Waals surface area contributed by atoms with Gasteiger partial charge in [0.05, 0.1) is 13.2 Å². The molecule has 1 rings (SSSR count). The van der Waals surface area contributed by atoms with Crippen molar-refractivity contribution in [2.75, 3.05) is 26.3 Å². The fraction of sp³-hybridized carbons (Fsp3) is 0.818. The van der Waals surface area contributed by atoms with E-state index in [9.17, 15) is 9.59 Å². The van der Waals surface area contributed by atoms with Gasteiger partial charge in [0.2, 0.25) is 0 Å². The van der Waals surface area contributed by atoms with Crippen molar-refractivity contribution in [3.05, 3.63) is 0 Å². The van der Waals surface area contributed by atoms with Crippen molar-refractivity contribution in [1.29, 1.82) is 0 Å². The van der Waals surface area contributed by atoms with Gasteiger partial charge in [0.15, 0.2) is 0 Å². The molecule has 0 saturated carbocycles. The molecule has 1 aliphatic heterocycles. The lowest BCUT2D eigenvalue weighted by atomic mass is 9.87. The van der Waals surface area contributed by atoms with Crippen molar-refractivity contribution < 1.29 is 19.4 Å². The van der Waals surface area contributed by atoms with Crippen molar-refractivity contribution in [1.82, 2.24) is 15.8 Å². The summed E-state index contributed by atoms with van der Waals surface area (Å²) >= 11 is 0. The predicted molar refractivity (Wildman–Crippen MR) is 64.9 cm³/mol. The highest BCUT2D eigenvalue weighted by Crippen LogP contribution is 2.19. The first-order valence-corrected chi connectivity index (χ1v) is 5.93. The Labute approximate surface area is 106 Å². The second kappa shape index (κ2) is 6.01. The standard InChI is InChI=1S/C11H21N3O4/c1-11(2,3)8(9(15)16)12-10(17)13-14-4-6-18-7-5-14/h8H,4-7H2,1-3H3,(H,15,16)(H2,12,13,17)/t8-/m0/s1. The van der Waals surface area contributed by atoms with Gasteiger partial charge in [-0.25, -0.2) is 14.6 Å². The van der Waals surface area contributed by atoms with Crippen LogP contribution in [0.15, 0.2) is 0 Å². The Bertz CT molecular complexity index is 308. The Morgan fingerprint density at radius 3 is 2.28 bits per heavy atom. The smallest absolute Gasteiger partial charge is 0.330 e. The molecule has 1 heterocycles. The molecule has 1 saturated heterocycles. The lowest BCUT2D eigenvalue weighted by Crippen LogP contribution is -2.57. The summed E-state index contributed by atoms with van der Waals surface area (Å²) in [6, 6.07) is -1.43. The number of carboxylic acids is 1. The molecular weight excluding hydrogens is 238 g/mol. The summed E-state index contributed by atoms with van der Waals surface area (Å²) in [6.45, 7) is 7.60. The molecule has 1 aliphatic rings. The van der Waals surface area contributed by atoms with Crippen LogP contribution in [0.3, 0.4) is 0 Å². The van der Waals surface area contributed by atoms with E-state index in [0.717, 1.165) is 0 Å². The van der Waals surface area contributed by atoms with E-state index in [1.54, 1.807) is 25.8 Å². The van der Waals surface area contributed by atoms with Gasteiger partial charge in [-0.05, 0) is 5.41 Å². The van der Waals surface area contributed by atoms with Gasteiger partial charge in [-0.1, -0.05) is 20.8 Å². The summed E-state index contributed by atoms with van der Waals surface area (Å²) in [4.78, 5) is 22.8. The van der Waals surface area contributed by atoms with Crippen molar-refractivity contribution in [3.8, 4) is 0 Å². The van der Waals surface area contributed by atoms with Gasteiger partial charge in [0, 0.05) is 13.1 Å². The summed E-state index contributed by atoms with van der Waals surface area (Å²) < 4.78 is 5.15. The van der Waals surface area contributed by atoms with E-state index in [1.807, 2.05) is 0 Å². The average Bonchev–Trinajstić information content (AvgIpc) is 2.25. The van der Waals surface area contributed by atoms with Gasteiger partial charge in [-0.3, -0.25) is 5.43 Å². The van der Waals surface area contributed by atoms with Crippen LogP contribution in [-0.4, -0.2) is 54.5 Å². The molecule has 0 aliphatic carbocycles. The lowest BCUT2D eigenvalue weighted by molar-refractivity contribution is -0.141. The first-order chi connectivity index (χ1) is 8.30. The molecular formula is C11H21N3O4. The van der Waals surface area contributed by atoms with E-state index in [0.29, 0.717) is 26.3 Å². The number of aliphatic carboxylic acids is 1. The van der Waals surface area contributed by atoms with Crippen LogP contribution in [0.5, 0.6) is 0 Å². The number of amides is 2. The molecule has 0 bridgehead atoms. The van der Waals surface area contributed by atoms with E-state index < -0.39 is 23.5 Å². The summed E-state index contributed by atoms with van der Waals surface area (Å²) in [5.41, 5.74) is 2.07. The topological polar surface area (TPSA) is 90.9 Å². The van der Waals surface area contributed by atoms with E-state index in [-0.39, 0.29) is 0 Å². The number of carbonyl (C=O) groups excluding carboxylic acids is 1. The molecule has 3 N–H and O–H groups in total. The highest BCUT2D eigenvalue weighted by Gasteiger charge is 2.32. The lowest BCUT2D eigenvalue weighted by Gasteiger charge is -2.31. The van der Waals surface area contributed by atoms with Crippen LogP contribution in [0.2, 0.25) is 0 Å². The number of morpholine rings is 1. The highest BCUT2D eigenvalue weighted by atomic mass is 16.5. The van der Waals surface area contributed by atoms with Crippen molar-refractivity contribution >= 4 is 12.0 Å². The molecule has 1 atom stereocenters. The van der Waals surface area contributed by atoms with Gasteiger partial charge in [-0.15, -0.1) is 0 Å². The third kappa shape index (κ3) is 4.50. The zero-order valence-corrected chi connectivity index (χ0v) is 11.0. The van der Waals surface area contributed by atoms with Crippen LogP contribution < -0.4 is 10.7 Å². The number of carboxylic acid groups (broad SMARTS) is 1. The summed E-state index contributed by atoms with van der Waals surface area (Å²) in [5, 5.41) is 13.3. The van der Waals surface area contributed by atoms with E-state index in [4.69, 9.17) is 9.84 Å². The molecule has 0 radical (unpaired) electrons. The summed E-state index contributed by atoms with van der Waals surface area (Å²) in [6.07, 6.45) is 0. The van der Waals surface area contributed by atoms with Crippen molar-refractivity contribution in [3.63, 3.8) is 0 Å². The number of carbonyl (C=O) groups is 2. The fourth-order valence-corrected chi connectivity index (χ4v) is 1.63. The van der Waals surface area contributed by atoms with Crippen LogP contribution in [0.1, 0.15) is 20.8 Å². The Morgan fingerprint density at radius 2 is 1.83 bits per heavy atom. The number of nitrogens with zero attached hydrogens (tertiary/aromatic N) is 1. The maximum atomic E-state index is 11.7. The molecule has 0 aromatic rings. The molecule has 18 heavy (non-hydrogen) atoms. The monoisotopic (exact) mass is 259 g/mol. The SMILES string of the molecule is CC(C)(C)[C@@H](NC(=O)NN1CCOCC1)C(=O)O. The average molecular weight is 259 g/mol. The highest BCUT2D eigenvalue weighted by molar-refractivity contribution is 5.82. The molecule has 0 aromatic carbocycles. The van der Waals surface area contributed by atoms with Gasteiger partial charge in [0.25, 0.3) is 0 Å². The first kappa shape index (κ1) is 14.7. The third-order valence-corrected chi connectivity index (χ3v) is 2.66. The van der Waals surface area contributed by atoms with Gasteiger partial charge >= 0.3 is 12.0 Å². The molecule has 7 nitrogen and oxygen atoms in total. The van der Waals surface area contributed by atoms with Crippen LogP contribution in [0, 0.1) is 5.41 Å². The van der Waals surface area contributed by atoms with Crippen LogP contribution in [0.4, 0.5) is 4.79 Å². The molecule has 0 aromatic heterocycles. The normalized spacial score (nSPS) is 19.1. The predicted octanol–water partition coefficient (Wildman–Crippen LogP) is 0.0321. The number of hydrogen-bond donors (Lipinski definition) is 3. The first-order valence-electron chi connectivity index (χ1n) is 5.93. The van der Waals surface area contributed by atoms with Crippen LogP contribution >= 0.6 is 0 Å². The number of rotatable bonds is 3. The number of hydrazine groups is 1. The Morgan fingerprint density at radius 1 is 1.28 bits per heavy atom. The van der Waals surface area contributed by atoms with Gasteiger partial charge in [0.1, 0.15) is 6.04 Å². The Hall–Kier alpha value is -1.34. The van der Waals surface area contributed by atoms with E-state index in [1.165, 1.54) is 0 Å². The van der Waals surface area contributed by atoms with E-state index in [2.05, 4.69) is 10.7 Å². The maximum absolute atomic E-state index is 11.7. The van der Waals surface area contributed by atoms with Gasteiger partial charge in [-0.2, -0.15) is 0 Å². The minimum atomic E-state index is -1.04. The quantitative estimate of drug-likeness (QED) is 0.665. The van der Waals surface area contributed by atoms with Crippen LogP contribution in [0.25, 0.3) is 0 Å². The second-order valence-corrected chi connectivity index (χ2v) is 5.32. The van der Waals surface area contributed by atoms with E-state index >= 15 is 0 Å². The summed E-state index contributed by atoms with van der Waals surface area (Å²) in [7, 11) is 0. The fourth-order valence-electron chi connectivity index (χ4n) is 1.63. The molecule has 0 spiro atoms. The molecule has 7 heteroatoms.